The highest BCUT2D eigenvalue weighted by molar-refractivity contribution is 9.10. The second-order valence-corrected chi connectivity index (χ2v) is 7.74. The average molecular weight is 377 g/mol. The van der Waals surface area contributed by atoms with Crippen LogP contribution in [0.2, 0.25) is 5.02 Å². The van der Waals surface area contributed by atoms with Crippen molar-refractivity contribution in [2.24, 2.45) is 5.73 Å². The van der Waals surface area contributed by atoms with Crippen molar-refractivity contribution in [1.29, 1.82) is 0 Å². The van der Waals surface area contributed by atoms with Crippen LogP contribution < -0.4 is 5.73 Å². The second-order valence-electron chi connectivity index (χ2n) is 4.35. The van der Waals surface area contributed by atoms with Crippen molar-refractivity contribution in [2.75, 3.05) is 0 Å². The van der Waals surface area contributed by atoms with Gasteiger partial charge in [-0.25, -0.2) is 0 Å². The molecule has 0 aliphatic heterocycles. The molecule has 0 spiro atoms. The fraction of sp³-hybridized carbons (Fsp3) is 0.286. The van der Waals surface area contributed by atoms with E-state index in [2.05, 4.69) is 40.4 Å². The monoisotopic (exact) mass is 375 g/mol. The lowest BCUT2D eigenvalue weighted by molar-refractivity contribution is 0.729. The topological polar surface area (TPSA) is 26.0 Å². The zero-order chi connectivity index (χ0) is 13.8. The molecule has 2 aromatic rings. The molecule has 2 unspecified atom stereocenters. The number of halogens is 2. The SMILES string of the molecule is CC(N)C(SCc1ccccc1Cl)c1cc(Br)cs1. The molecule has 1 aromatic carbocycles. The first-order valence-electron chi connectivity index (χ1n) is 5.92. The normalized spacial score (nSPS) is 14.3. The summed E-state index contributed by atoms with van der Waals surface area (Å²) in [5.74, 6) is 0.876. The number of hydrogen-bond acceptors (Lipinski definition) is 3. The maximum absolute atomic E-state index is 6.19. The molecule has 0 saturated carbocycles. The lowest BCUT2D eigenvalue weighted by Gasteiger charge is -2.19. The van der Waals surface area contributed by atoms with Gasteiger partial charge < -0.3 is 5.73 Å². The molecule has 2 atom stereocenters. The minimum absolute atomic E-state index is 0.109. The van der Waals surface area contributed by atoms with Crippen molar-refractivity contribution in [3.05, 3.63) is 55.6 Å². The molecule has 19 heavy (non-hydrogen) atoms. The molecular weight excluding hydrogens is 362 g/mol. The first kappa shape index (κ1) is 15.4. The largest absolute Gasteiger partial charge is 0.327 e. The molecule has 0 amide bonds. The van der Waals surface area contributed by atoms with Gasteiger partial charge in [0.15, 0.2) is 0 Å². The number of benzene rings is 1. The molecule has 2 rings (SSSR count). The molecule has 0 aliphatic carbocycles. The molecule has 1 nitrogen and oxygen atoms in total. The van der Waals surface area contributed by atoms with Gasteiger partial charge in [-0.05, 0) is 40.5 Å². The maximum atomic E-state index is 6.19. The van der Waals surface area contributed by atoms with E-state index in [9.17, 15) is 0 Å². The molecule has 0 fully saturated rings. The molecule has 0 radical (unpaired) electrons. The van der Waals surface area contributed by atoms with E-state index >= 15 is 0 Å². The Kier molecular flexibility index (Phi) is 5.78. The van der Waals surface area contributed by atoms with Crippen molar-refractivity contribution >= 4 is 50.6 Å². The average Bonchev–Trinajstić information content (AvgIpc) is 2.78. The van der Waals surface area contributed by atoms with Crippen LogP contribution in [-0.2, 0) is 5.75 Å². The Morgan fingerprint density at radius 3 is 2.74 bits per heavy atom. The highest BCUT2D eigenvalue weighted by atomic mass is 79.9. The third kappa shape index (κ3) is 4.23. The van der Waals surface area contributed by atoms with Crippen molar-refractivity contribution in [1.82, 2.24) is 0 Å². The van der Waals surface area contributed by atoms with Gasteiger partial charge >= 0.3 is 0 Å². The van der Waals surface area contributed by atoms with Crippen molar-refractivity contribution < 1.29 is 0 Å². The van der Waals surface area contributed by atoms with Crippen molar-refractivity contribution in [3.63, 3.8) is 0 Å². The number of nitrogens with two attached hydrogens (primary N) is 1. The van der Waals surface area contributed by atoms with Gasteiger partial charge in [-0.15, -0.1) is 23.1 Å². The fourth-order valence-corrected chi connectivity index (χ4v) is 5.10. The highest BCUT2D eigenvalue weighted by Gasteiger charge is 2.19. The Bertz CT molecular complexity index is 542. The van der Waals surface area contributed by atoms with E-state index in [1.165, 1.54) is 4.88 Å². The van der Waals surface area contributed by atoms with Crippen LogP contribution >= 0.6 is 50.6 Å². The third-order valence-corrected chi connectivity index (χ3v) is 6.54. The Balaban J connectivity index is 2.08. The van der Waals surface area contributed by atoms with E-state index in [-0.39, 0.29) is 6.04 Å². The summed E-state index contributed by atoms with van der Waals surface area (Å²) in [5.41, 5.74) is 7.28. The molecule has 1 heterocycles. The molecule has 0 aliphatic rings. The second kappa shape index (κ2) is 7.14. The van der Waals surface area contributed by atoms with E-state index in [1.807, 2.05) is 30.0 Å². The fourth-order valence-electron chi connectivity index (χ4n) is 1.77. The first-order chi connectivity index (χ1) is 9.08. The van der Waals surface area contributed by atoms with Crippen LogP contribution in [-0.4, -0.2) is 6.04 Å². The van der Waals surface area contributed by atoms with Crippen LogP contribution in [0.15, 0.2) is 40.2 Å². The van der Waals surface area contributed by atoms with Crippen LogP contribution in [0.25, 0.3) is 0 Å². The molecule has 5 heteroatoms. The lowest BCUT2D eigenvalue weighted by atomic mass is 10.2. The van der Waals surface area contributed by atoms with Gasteiger partial charge in [0.1, 0.15) is 0 Å². The predicted octanol–water partition coefficient (Wildman–Crippen LogP) is 5.49. The summed E-state index contributed by atoms with van der Waals surface area (Å²) in [6.07, 6.45) is 0. The van der Waals surface area contributed by atoms with Gasteiger partial charge in [0.25, 0.3) is 0 Å². The zero-order valence-electron chi connectivity index (χ0n) is 10.5. The summed E-state index contributed by atoms with van der Waals surface area (Å²) in [6, 6.07) is 10.2. The molecule has 0 saturated heterocycles. The standard InChI is InChI=1S/C14H15BrClNS2/c1-9(17)14(13-6-11(15)8-18-13)19-7-10-4-2-3-5-12(10)16/h2-6,8-9,14H,7,17H2,1H3. The van der Waals surface area contributed by atoms with Gasteiger partial charge in [-0.3, -0.25) is 0 Å². The smallest absolute Gasteiger partial charge is 0.0543 e. The number of thioether (sulfide) groups is 1. The van der Waals surface area contributed by atoms with E-state index in [0.29, 0.717) is 5.25 Å². The van der Waals surface area contributed by atoms with Crippen molar-refractivity contribution in [2.45, 2.75) is 24.0 Å². The van der Waals surface area contributed by atoms with Crippen LogP contribution in [0.1, 0.15) is 22.6 Å². The molecular formula is C14H15BrClNS2. The number of hydrogen-bond donors (Lipinski definition) is 1. The Labute approximate surface area is 135 Å². The van der Waals surface area contributed by atoms with Crippen LogP contribution in [0.3, 0.4) is 0 Å². The first-order valence-corrected chi connectivity index (χ1v) is 9.02. The number of thiophene rings is 1. The van der Waals surface area contributed by atoms with Crippen molar-refractivity contribution in [3.8, 4) is 0 Å². The molecule has 102 valence electrons. The molecule has 0 bridgehead atoms. The van der Waals surface area contributed by atoms with Crippen LogP contribution in [0.5, 0.6) is 0 Å². The van der Waals surface area contributed by atoms with Gasteiger partial charge in [0.2, 0.25) is 0 Å². The minimum atomic E-state index is 0.109. The summed E-state index contributed by atoms with van der Waals surface area (Å²) in [6.45, 7) is 2.05. The van der Waals surface area contributed by atoms with E-state index in [4.69, 9.17) is 17.3 Å². The third-order valence-electron chi connectivity index (χ3n) is 2.72. The molecule has 2 N–H and O–H groups in total. The lowest BCUT2D eigenvalue weighted by Crippen LogP contribution is -2.22. The maximum Gasteiger partial charge on any atom is 0.0543 e. The van der Waals surface area contributed by atoms with Gasteiger partial charge in [-0.2, -0.15) is 0 Å². The Morgan fingerprint density at radius 1 is 1.42 bits per heavy atom. The number of rotatable bonds is 5. The van der Waals surface area contributed by atoms with Gasteiger partial charge in [-0.1, -0.05) is 29.8 Å². The van der Waals surface area contributed by atoms with E-state index < -0.39 is 0 Å². The summed E-state index contributed by atoms with van der Waals surface area (Å²) in [5, 5.41) is 3.22. The van der Waals surface area contributed by atoms with Gasteiger partial charge in [0.05, 0.1) is 5.25 Å². The van der Waals surface area contributed by atoms with E-state index in [1.54, 1.807) is 11.3 Å². The predicted molar refractivity (Wildman–Crippen MR) is 91.2 cm³/mol. The van der Waals surface area contributed by atoms with Crippen LogP contribution in [0.4, 0.5) is 0 Å². The van der Waals surface area contributed by atoms with Crippen LogP contribution in [0, 0.1) is 0 Å². The highest BCUT2D eigenvalue weighted by Crippen LogP contribution is 2.39. The summed E-state index contributed by atoms with van der Waals surface area (Å²) >= 11 is 13.3. The summed E-state index contributed by atoms with van der Waals surface area (Å²) in [7, 11) is 0. The van der Waals surface area contributed by atoms with Gasteiger partial charge in [0, 0.05) is 31.5 Å². The minimum Gasteiger partial charge on any atom is -0.327 e. The quantitative estimate of drug-likeness (QED) is 0.747. The summed E-state index contributed by atoms with van der Waals surface area (Å²) < 4.78 is 1.12. The zero-order valence-corrected chi connectivity index (χ0v) is 14.5. The molecule has 1 aromatic heterocycles. The van der Waals surface area contributed by atoms with E-state index in [0.717, 1.165) is 20.8 Å². The Hall–Kier alpha value is -0.0000000000000000833. The summed E-state index contributed by atoms with van der Waals surface area (Å²) in [4.78, 5) is 1.30. The Morgan fingerprint density at radius 2 is 2.16 bits per heavy atom.